The topological polar surface area (TPSA) is 52.7 Å². The van der Waals surface area contributed by atoms with Crippen LogP contribution in [0.5, 0.6) is 0 Å². The molecule has 1 aromatic heterocycles. The minimum Gasteiger partial charge on any atom is -0.385 e. The summed E-state index contributed by atoms with van der Waals surface area (Å²) in [6.45, 7) is 2.80. The molecule has 18 heavy (non-hydrogen) atoms. The Hall–Kier alpha value is -1.81. The van der Waals surface area contributed by atoms with Gasteiger partial charge in [-0.3, -0.25) is 0 Å². The van der Waals surface area contributed by atoms with E-state index in [1.807, 2.05) is 6.20 Å². The van der Waals surface area contributed by atoms with Crippen LogP contribution in [-0.2, 0) is 19.5 Å². The molecule has 2 heterocycles. The summed E-state index contributed by atoms with van der Waals surface area (Å²) in [6, 6.07) is 6.57. The smallest absolute Gasteiger partial charge is 0.0922 e. The van der Waals surface area contributed by atoms with Crippen molar-refractivity contribution in [3.05, 3.63) is 47.5 Å². The summed E-state index contributed by atoms with van der Waals surface area (Å²) in [5.74, 6) is 0. The monoisotopic (exact) mass is 242 g/mol. The van der Waals surface area contributed by atoms with Crippen molar-refractivity contribution in [2.45, 2.75) is 25.9 Å². The third-order valence-electron chi connectivity index (χ3n) is 3.35. The number of imidazole rings is 1. The number of H-pyrrole nitrogens is 1. The first-order valence-corrected chi connectivity index (χ1v) is 6.46. The molecular weight excluding hydrogens is 224 g/mol. The van der Waals surface area contributed by atoms with Gasteiger partial charge in [0, 0.05) is 37.2 Å². The highest BCUT2D eigenvalue weighted by molar-refractivity contribution is 5.59. The number of aryl methyl sites for hydroxylation is 1. The Morgan fingerprint density at radius 3 is 3.17 bits per heavy atom. The number of nitrogens with one attached hydrogen (secondary N) is 3. The molecule has 4 heteroatoms. The van der Waals surface area contributed by atoms with Gasteiger partial charge in [-0.2, -0.15) is 0 Å². The average molecular weight is 242 g/mol. The second-order valence-electron chi connectivity index (χ2n) is 4.66. The van der Waals surface area contributed by atoms with Gasteiger partial charge in [0.2, 0.25) is 0 Å². The van der Waals surface area contributed by atoms with E-state index in [-0.39, 0.29) is 0 Å². The predicted molar refractivity (Wildman–Crippen MR) is 72.4 cm³/mol. The number of aromatic amines is 1. The van der Waals surface area contributed by atoms with Gasteiger partial charge in [-0.05, 0) is 24.0 Å². The van der Waals surface area contributed by atoms with Crippen molar-refractivity contribution in [2.75, 3.05) is 11.9 Å². The van der Waals surface area contributed by atoms with Crippen LogP contribution in [0.4, 0.5) is 5.69 Å². The van der Waals surface area contributed by atoms with Gasteiger partial charge < -0.3 is 15.6 Å². The highest BCUT2D eigenvalue weighted by Gasteiger charge is 2.11. The van der Waals surface area contributed by atoms with Crippen LogP contribution in [0.3, 0.4) is 0 Å². The maximum absolute atomic E-state index is 4.01. The molecule has 3 N–H and O–H groups in total. The van der Waals surface area contributed by atoms with E-state index in [2.05, 4.69) is 38.8 Å². The molecule has 0 bridgehead atoms. The molecule has 1 aliphatic heterocycles. The molecule has 0 saturated heterocycles. The number of fused-ring (bicyclic) bond motifs is 1. The standard InChI is InChI=1S/C14H18N4/c1-3-11-5-2-6-17-14(11)12(4-1)7-15-8-13-9-16-10-18-13/h1,3-4,9-10,15,17H,2,5-8H2,(H,16,18). The minimum absolute atomic E-state index is 0.823. The SMILES string of the molecule is c1cc2c(c(CNCc3cnc[nH]3)c1)NCCC2. The fraction of sp³-hybridized carbons (Fsp3) is 0.357. The first-order chi connectivity index (χ1) is 8.93. The molecule has 0 fully saturated rings. The van der Waals surface area contributed by atoms with Crippen molar-refractivity contribution in [1.29, 1.82) is 0 Å². The summed E-state index contributed by atoms with van der Waals surface area (Å²) in [4.78, 5) is 7.11. The zero-order chi connectivity index (χ0) is 12.2. The lowest BCUT2D eigenvalue weighted by atomic mass is 9.99. The maximum atomic E-state index is 4.01. The number of hydrogen-bond acceptors (Lipinski definition) is 3. The van der Waals surface area contributed by atoms with E-state index in [4.69, 9.17) is 0 Å². The zero-order valence-electron chi connectivity index (χ0n) is 10.4. The van der Waals surface area contributed by atoms with Gasteiger partial charge >= 0.3 is 0 Å². The summed E-state index contributed by atoms with van der Waals surface area (Å²) in [6.07, 6.45) is 5.99. The highest BCUT2D eigenvalue weighted by Crippen LogP contribution is 2.25. The van der Waals surface area contributed by atoms with E-state index in [1.165, 1.54) is 29.7 Å². The molecule has 0 unspecified atom stereocenters. The van der Waals surface area contributed by atoms with Gasteiger partial charge in [0.1, 0.15) is 0 Å². The van der Waals surface area contributed by atoms with Crippen LogP contribution in [0.15, 0.2) is 30.7 Å². The van der Waals surface area contributed by atoms with Crippen molar-refractivity contribution < 1.29 is 0 Å². The molecule has 0 amide bonds. The Labute approximate surface area is 107 Å². The molecule has 4 nitrogen and oxygen atoms in total. The molecule has 0 atom stereocenters. The second kappa shape index (κ2) is 5.23. The lowest BCUT2D eigenvalue weighted by Gasteiger charge is -2.21. The molecule has 3 rings (SSSR count). The van der Waals surface area contributed by atoms with E-state index in [0.29, 0.717) is 0 Å². The maximum Gasteiger partial charge on any atom is 0.0922 e. The molecule has 0 radical (unpaired) electrons. The third kappa shape index (κ3) is 2.38. The van der Waals surface area contributed by atoms with Crippen LogP contribution in [0.25, 0.3) is 0 Å². The van der Waals surface area contributed by atoms with Crippen LogP contribution >= 0.6 is 0 Å². The van der Waals surface area contributed by atoms with Gasteiger partial charge in [-0.25, -0.2) is 4.98 Å². The number of aromatic nitrogens is 2. The summed E-state index contributed by atoms with van der Waals surface area (Å²) in [7, 11) is 0. The predicted octanol–water partition coefficient (Wildman–Crippen LogP) is 2.06. The molecule has 94 valence electrons. The fourth-order valence-corrected chi connectivity index (χ4v) is 2.44. The van der Waals surface area contributed by atoms with Gasteiger partial charge in [0.05, 0.1) is 6.33 Å². The van der Waals surface area contributed by atoms with Gasteiger partial charge in [-0.15, -0.1) is 0 Å². The van der Waals surface area contributed by atoms with Crippen molar-refractivity contribution in [3.8, 4) is 0 Å². The Balaban J connectivity index is 1.65. The largest absolute Gasteiger partial charge is 0.385 e. The highest BCUT2D eigenvalue weighted by atomic mass is 14.9. The zero-order valence-corrected chi connectivity index (χ0v) is 10.4. The number of nitrogens with zero attached hydrogens (tertiary/aromatic N) is 1. The first kappa shape index (κ1) is 11.3. The number of benzene rings is 1. The molecule has 2 aromatic rings. The minimum atomic E-state index is 0.823. The van der Waals surface area contributed by atoms with E-state index in [0.717, 1.165) is 25.3 Å². The summed E-state index contributed by atoms with van der Waals surface area (Å²) >= 11 is 0. The lowest BCUT2D eigenvalue weighted by Crippen LogP contribution is -2.18. The van der Waals surface area contributed by atoms with Crippen LogP contribution in [-0.4, -0.2) is 16.5 Å². The molecular formula is C14H18N4. The van der Waals surface area contributed by atoms with E-state index < -0.39 is 0 Å². The van der Waals surface area contributed by atoms with Crippen LogP contribution in [0, 0.1) is 0 Å². The number of hydrogen-bond donors (Lipinski definition) is 3. The van der Waals surface area contributed by atoms with Crippen LogP contribution < -0.4 is 10.6 Å². The molecule has 1 aromatic carbocycles. The van der Waals surface area contributed by atoms with Crippen LogP contribution in [0.2, 0.25) is 0 Å². The molecule has 0 spiro atoms. The second-order valence-corrected chi connectivity index (χ2v) is 4.66. The quantitative estimate of drug-likeness (QED) is 0.769. The van der Waals surface area contributed by atoms with Crippen LogP contribution in [0.1, 0.15) is 23.2 Å². The fourth-order valence-electron chi connectivity index (χ4n) is 2.44. The van der Waals surface area contributed by atoms with E-state index in [1.54, 1.807) is 6.33 Å². The van der Waals surface area contributed by atoms with Gasteiger partial charge in [0.15, 0.2) is 0 Å². The Morgan fingerprint density at radius 1 is 1.28 bits per heavy atom. The Morgan fingerprint density at radius 2 is 2.28 bits per heavy atom. The van der Waals surface area contributed by atoms with Crippen molar-refractivity contribution in [3.63, 3.8) is 0 Å². The number of anilines is 1. The number of rotatable bonds is 4. The molecule has 0 aliphatic carbocycles. The van der Waals surface area contributed by atoms with E-state index >= 15 is 0 Å². The summed E-state index contributed by atoms with van der Waals surface area (Å²) < 4.78 is 0. The summed E-state index contributed by atoms with van der Waals surface area (Å²) in [5, 5.41) is 6.96. The Kier molecular flexibility index (Phi) is 3.28. The lowest BCUT2D eigenvalue weighted by molar-refractivity contribution is 0.680. The van der Waals surface area contributed by atoms with Crippen molar-refractivity contribution >= 4 is 5.69 Å². The first-order valence-electron chi connectivity index (χ1n) is 6.46. The molecule has 1 aliphatic rings. The van der Waals surface area contributed by atoms with Crippen molar-refractivity contribution in [1.82, 2.24) is 15.3 Å². The summed E-state index contributed by atoms with van der Waals surface area (Å²) in [5.41, 5.74) is 5.25. The van der Waals surface area contributed by atoms with Crippen molar-refractivity contribution in [2.24, 2.45) is 0 Å². The molecule has 0 saturated carbocycles. The normalized spacial score (nSPS) is 14.0. The van der Waals surface area contributed by atoms with Gasteiger partial charge in [-0.1, -0.05) is 18.2 Å². The Bertz CT molecular complexity index is 505. The number of para-hydroxylation sites is 1. The van der Waals surface area contributed by atoms with Gasteiger partial charge in [0.25, 0.3) is 0 Å². The average Bonchev–Trinajstić information content (AvgIpc) is 2.92. The van der Waals surface area contributed by atoms with E-state index in [9.17, 15) is 0 Å². The third-order valence-corrected chi connectivity index (χ3v) is 3.35.